The standard InChI is InChI=1S/C13H14N2.2ClH/c14-12(13-8-4-5-9-15-13)10-11-6-2-1-3-7-11;;/h1-9,12H,10,14H2;2*1H. The fourth-order valence-corrected chi connectivity index (χ4v) is 1.57. The van der Waals surface area contributed by atoms with Crippen LogP contribution >= 0.6 is 24.8 Å². The second-order valence-electron chi connectivity index (χ2n) is 3.55. The first-order valence-corrected chi connectivity index (χ1v) is 5.06. The Kier molecular flexibility index (Phi) is 7.55. The van der Waals surface area contributed by atoms with Crippen LogP contribution in [-0.2, 0) is 6.42 Å². The molecular weight excluding hydrogens is 255 g/mol. The smallest absolute Gasteiger partial charge is 0.0574 e. The maximum absolute atomic E-state index is 6.06. The van der Waals surface area contributed by atoms with Crippen molar-refractivity contribution in [3.63, 3.8) is 0 Å². The monoisotopic (exact) mass is 270 g/mol. The quantitative estimate of drug-likeness (QED) is 0.931. The van der Waals surface area contributed by atoms with Gasteiger partial charge >= 0.3 is 0 Å². The van der Waals surface area contributed by atoms with Crippen LogP contribution in [0.5, 0.6) is 0 Å². The molecule has 0 saturated heterocycles. The molecule has 2 N–H and O–H groups in total. The number of aromatic nitrogens is 1. The topological polar surface area (TPSA) is 38.9 Å². The molecule has 1 aromatic heterocycles. The van der Waals surface area contributed by atoms with Gasteiger partial charge in [-0.15, -0.1) is 24.8 Å². The van der Waals surface area contributed by atoms with E-state index in [0.717, 1.165) is 12.1 Å². The van der Waals surface area contributed by atoms with Gasteiger partial charge in [-0.1, -0.05) is 36.4 Å². The van der Waals surface area contributed by atoms with Crippen LogP contribution in [0.15, 0.2) is 54.7 Å². The third kappa shape index (κ3) is 4.73. The van der Waals surface area contributed by atoms with Crippen molar-refractivity contribution in [2.45, 2.75) is 12.5 Å². The van der Waals surface area contributed by atoms with E-state index in [1.165, 1.54) is 5.56 Å². The molecule has 1 atom stereocenters. The van der Waals surface area contributed by atoms with Gasteiger partial charge in [0.05, 0.1) is 11.7 Å². The van der Waals surface area contributed by atoms with Gasteiger partial charge in [0.2, 0.25) is 0 Å². The van der Waals surface area contributed by atoms with Crippen molar-refractivity contribution in [3.8, 4) is 0 Å². The minimum atomic E-state index is -0.0198. The summed E-state index contributed by atoms with van der Waals surface area (Å²) in [6.45, 7) is 0. The van der Waals surface area contributed by atoms with Crippen LogP contribution in [0.25, 0.3) is 0 Å². The Morgan fingerprint density at radius 2 is 1.59 bits per heavy atom. The average molecular weight is 271 g/mol. The van der Waals surface area contributed by atoms with Gasteiger partial charge in [0.15, 0.2) is 0 Å². The Labute approximate surface area is 114 Å². The van der Waals surface area contributed by atoms with Crippen LogP contribution in [-0.4, -0.2) is 4.98 Å². The molecule has 1 heterocycles. The molecule has 0 aliphatic heterocycles. The molecule has 0 fully saturated rings. The fraction of sp³-hybridized carbons (Fsp3) is 0.154. The number of halogens is 2. The molecule has 0 bridgehead atoms. The normalized spacial score (nSPS) is 10.9. The van der Waals surface area contributed by atoms with Gasteiger partial charge in [0, 0.05) is 6.20 Å². The van der Waals surface area contributed by atoms with Gasteiger partial charge in [-0.2, -0.15) is 0 Å². The minimum Gasteiger partial charge on any atom is -0.322 e. The van der Waals surface area contributed by atoms with Crippen molar-refractivity contribution < 1.29 is 0 Å². The predicted molar refractivity (Wildman–Crippen MR) is 75.8 cm³/mol. The van der Waals surface area contributed by atoms with Gasteiger partial charge in [-0.3, -0.25) is 4.98 Å². The van der Waals surface area contributed by atoms with E-state index in [2.05, 4.69) is 17.1 Å². The molecule has 4 heteroatoms. The summed E-state index contributed by atoms with van der Waals surface area (Å²) in [5.41, 5.74) is 8.26. The minimum absolute atomic E-state index is 0. The molecular formula is C13H16Cl2N2. The van der Waals surface area contributed by atoms with Crippen molar-refractivity contribution in [3.05, 3.63) is 66.0 Å². The number of pyridine rings is 1. The second-order valence-corrected chi connectivity index (χ2v) is 3.55. The highest BCUT2D eigenvalue weighted by molar-refractivity contribution is 5.85. The van der Waals surface area contributed by atoms with E-state index in [0.29, 0.717) is 0 Å². The molecule has 17 heavy (non-hydrogen) atoms. The summed E-state index contributed by atoms with van der Waals surface area (Å²) in [6, 6.07) is 16.1. The maximum atomic E-state index is 6.06. The van der Waals surface area contributed by atoms with E-state index in [9.17, 15) is 0 Å². The highest BCUT2D eigenvalue weighted by atomic mass is 35.5. The zero-order chi connectivity index (χ0) is 10.5. The maximum Gasteiger partial charge on any atom is 0.0574 e. The summed E-state index contributed by atoms with van der Waals surface area (Å²) in [5.74, 6) is 0. The Morgan fingerprint density at radius 3 is 2.18 bits per heavy atom. The first-order valence-electron chi connectivity index (χ1n) is 5.06. The Morgan fingerprint density at radius 1 is 0.941 bits per heavy atom. The molecule has 0 aliphatic carbocycles. The fourth-order valence-electron chi connectivity index (χ4n) is 1.57. The van der Waals surface area contributed by atoms with Crippen molar-refractivity contribution >= 4 is 24.8 Å². The number of hydrogen-bond donors (Lipinski definition) is 1. The highest BCUT2D eigenvalue weighted by Gasteiger charge is 2.06. The van der Waals surface area contributed by atoms with E-state index in [-0.39, 0.29) is 30.9 Å². The third-order valence-corrected chi connectivity index (χ3v) is 2.37. The molecule has 0 radical (unpaired) electrons. The summed E-state index contributed by atoms with van der Waals surface area (Å²) >= 11 is 0. The van der Waals surface area contributed by atoms with Crippen LogP contribution in [0.4, 0.5) is 0 Å². The summed E-state index contributed by atoms with van der Waals surface area (Å²) in [5, 5.41) is 0. The van der Waals surface area contributed by atoms with E-state index in [1.54, 1.807) is 6.20 Å². The molecule has 2 aromatic rings. The van der Waals surface area contributed by atoms with Crippen LogP contribution < -0.4 is 5.73 Å². The van der Waals surface area contributed by atoms with Crippen LogP contribution in [0.1, 0.15) is 17.3 Å². The molecule has 1 aromatic carbocycles. The van der Waals surface area contributed by atoms with Crippen molar-refractivity contribution in [2.24, 2.45) is 5.73 Å². The lowest BCUT2D eigenvalue weighted by atomic mass is 10.0. The molecule has 0 saturated carbocycles. The van der Waals surface area contributed by atoms with Crippen LogP contribution in [0.2, 0.25) is 0 Å². The van der Waals surface area contributed by atoms with Gasteiger partial charge in [-0.05, 0) is 24.1 Å². The Bertz CT molecular complexity index is 406. The van der Waals surface area contributed by atoms with Crippen molar-refractivity contribution in [1.82, 2.24) is 4.98 Å². The zero-order valence-electron chi connectivity index (χ0n) is 9.32. The van der Waals surface area contributed by atoms with E-state index >= 15 is 0 Å². The van der Waals surface area contributed by atoms with Crippen molar-refractivity contribution in [1.29, 1.82) is 0 Å². The largest absolute Gasteiger partial charge is 0.322 e. The van der Waals surface area contributed by atoms with Crippen LogP contribution in [0.3, 0.4) is 0 Å². The summed E-state index contributed by atoms with van der Waals surface area (Å²) in [6.07, 6.45) is 2.61. The molecule has 0 spiro atoms. The Balaban J connectivity index is 0.00000128. The number of benzene rings is 1. The predicted octanol–water partition coefficient (Wildman–Crippen LogP) is 3.17. The number of nitrogens with zero attached hydrogens (tertiary/aromatic N) is 1. The van der Waals surface area contributed by atoms with E-state index in [1.807, 2.05) is 36.4 Å². The van der Waals surface area contributed by atoms with Crippen LogP contribution in [0, 0.1) is 0 Å². The molecule has 92 valence electrons. The molecule has 0 aliphatic rings. The van der Waals surface area contributed by atoms with Gasteiger partial charge in [0.1, 0.15) is 0 Å². The van der Waals surface area contributed by atoms with Gasteiger partial charge in [0.25, 0.3) is 0 Å². The number of nitrogens with two attached hydrogens (primary N) is 1. The third-order valence-electron chi connectivity index (χ3n) is 2.37. The molecule has 1 unspecified atom stereocenters. The molecule has 2 rings (SSSR count). The second kappa shape index (κ2) is 8.07. The van der Waals surface area contributed by atoms with E-state index in [4.69, 9.17) is 5.73 Å². The lowest BCUT2D eigenvalue weighted by molar-refractivity contribution is 0.696. The summed E-state index contributed by atoms with van der Waals surface area (Å²) in [4.78, 5) is 4.25. The summed E-state index contributed by atoms with van der Waals surface area (Å²) < 4.78 is 0. The van der Waals surface area contributed by atoms with Gasteiger partial charge in [-0.25, -0.2) is 0 Å². The number of hydrogen-bond acceptors (Lipinski definition) is 2. The molecule has 2 nitrogen and oxygen atoms in total. The van der Waals surface area contributed by atoms with E-state index < -0.39 is 0 Å². The lowest BCUT2D eigenvalue weighted by Gasteiger charge is -2.10. The van der Waals surface area contributed by atoms with Crippen molar-refractivity contribution in [2.75, 3.05) is 0 Å². The SMILES string of the molecule is Cl.Cl.NC(Cc1ccccc1)c1ccccn1. The first kappa shape index (κ1) is 15.9. The highest BCUT2D eigenvalue weighted by Crippen LogP contribution is 2.12. The zero-order valence-corrected chi connectivity index (χ0v) is 11.0. The summed E-state index contributed by atoms with van der Waals surface area (Å²) in [7, 11) is 0. The average Bonchev–Trinajstić information content (AvgIpc) is 2.31. The Hall–Kier alpha value is -1.09. The van der Waals surface area contributed by atoms with Gasteiger partial charge < -0.3 is 5.73 Å². The lowest BCUT2D eigenvalue weighted by Crippen LogP contribution is -2.14. The first-order chi connectivity index (χ1) is 7.36. The molecule has 0 amide bonds. The number of rotatable bonds is 3.